The van der Waals surface area contributed by atoms with Crippen molar-refractivity contribution in [2.45, 2.75) is 52.4 Å². The van der Waals surface area contributed by atoms with Crippen LogP contribution in [0.4, 0.5) is 0 Å². The van der Waals surface area contributed by atoms with Crippen LogP contribution in [-0.4, -0.2) is 9.39 Å². The largest absolute Gasteiger partial charge is 0.349 e. The monoisotopic (exact) mass is 271 g/mol. The molecule has 1 atom stereocenters. The quantitative estimate of drug-likeness (QED) is 0.728. The third kappa shape index (κ3) is 3.37. The fourth-order valence-electron chi connectivity index (χ4n) is 2.03. The van der Waals surface area contributed by atoms with Crippen LogP contribution in [-0.2, 0) is 13.0 Å². The molecular formula is C13H22BrN. The van der Waals surface area contributed by atoms with E-state index in [-0.39, 0.29) is 0 Å². The minimum Gasteiger partial charge on any atom is -0.349 e. The molecule has 0 aliphatic heterocycles. The van der Waals surface area contributed by atoms with Crippen molar-refractivity contribution in [3.8, 4) is 0 Å². The van der Waals surface area contributed by atoms with Gasteiger partial charge in [0.2, 0.25) is 0 Å². The maximum atomic E-state index is 3.62. The highest BCUT2D eigenvalue weighted by Gasteiger charge is 2.11. The molecule has 0 N–H and O–H groups in total. The first-order valence-electron chi connectivity index (χ1n) is 5.71. The van der Waals surface area contributed by atoms with Gasteiger partial charge in [-0.1, -0.05) is 36.7 Å². The molecule has 1 aromatic rings. The molecule has 1 unspecified atom stereocenters. The molecule has 0 aliphatic rings. The van der Waals surface area contributed by atoms with Gasteiger partial charge in [0.05, 0.1) is 0 Å². The van der Waals surface area contributed by atoms with Crippen LogP contribution in [0.5, 0.6) is 0 Å². The topological polar surface area (TPSA) is 4.93 Å². The Bertz CT molecular complexity index is 324. The second-order valence-corrected chi connectivity index (χ2v) is 6.45. The smallest absolute Gasteiger partial charge is 0.0247 e. The van der Waals surface area contributed by atoms with Gasteiger partial charge >= 0.3 is 0 Å². The van der Waals surface area contributed by atoms with Gasteiger partial charge in [0, 0.05) is 22.8 Å². The van der Waals surface area contributed by atoms with Gasteiger partial charge in [0.1, 0.15) is 0 Å². The lowest BCUT2D eigenvalue weighted by Gasteiger charge is -2.12. The molecular weight excluding hydrogens is 250 g/mol. The summed E-state index contributed by atoms with van der Waals surface area (Å²) >= 11 is 3.62. The lowest BCUT2D eigenvalue weighted by atomic mass is 10.1. The number of alkyl halides is 1. The summed E-state index contributed by atoms with van der Waals surface area (Å²) in [7, 11) is 0. The summed E-state index contributed by atoms with van der Waals surface area (Å²) in [5.74, 6) is 0.712. The van der Waals surface area contributed by atoms with E-state index < -0.39 is 0 Å². The Balaban J connectivity index is 2.93. The molecule has 0 aliphatic carbocycles. The van der Waals surface area contributed by atoms with Gasteiger partial charge < -0.3 is 4.57 Å². The van der Waals surface area contributed by atoms with Crippen molar-refractivity contribution in [1.29, 1.82) is 0 Å². The van der Waals surface area contributed by atoms with Crippen molar-refractivity contribution in [1.82, 2.24) is 4.57 Å². The van der Waals surface area contributed by atoms with E-state index in [0.717, 1.165) is 13.0 Å². The Morgan fingerprint density at radius 2 is 1.87 bits per heavy atom. The second kappa shape index (κ2) is 5.20. The van der Waals surface area contributed by atoms with E-state index in [1.54, 1.807) is 0 Å². The molecule has 0 spiro atoms. The highest BCUT2D eigenvalue weighted by Crippen LogP contribution is 2.20. The molecule has 1 heterocycles. The summed E-state index contributed by atoms with van der Waals surface area (Å²) in [5.41, 5.74) is 4.31. The first-order valence-corrected chi connectivity index (χ1v) is 6.63. The number of hydrogen-bond donors (Lipinski definition) is 0. The van der Waals surface area contributed by atoms with Gasteiger partial charge in [-0.05, 0) is 37.8 Å². The second-order valence-electron chi connectivity index (χ2n) is 4.89. The highest BCUT2D eigenvalue weighted by molar-refractivity contribution is 9.09. The molecule has 0 saturated heterocycles. The van der Waals surface area contributed by atoms with E-state index in [0.29, 0.717) is 10.7 Å². The van der Waals surface area contributed by atoms with Crippen LogP contribution in [0.3, 0.4) is 0 Å². The van der Waals surface area contributed by atoms with Crippen LogP contribution in [0.2, 0.25) is 0 Å². The van der Waals surface area contributed by atoms with Gasteiger partial charge in [0.25, 0.3) is 0 Å². The zero-order valence-corrected chi connectivity index (χ0v) is 12.1. The molecule has 15 heavy (non-hydrogen) atoms. The molecule has 0 amide bonds. The Labute approximate surface area is 102 Å². The zero-order chi connectivity index (χ0) is 11.6. The van der Waals surface area contributed by atoms with E-state index in [1.807, 2.05) is 0 Å². The van der Waals surface area contributed by atoms with Gasteiger partial charge in [0.15, 0.2) is 0 Å². The van der Waals surface area contributed by atoms with Crippen molar-refractivity contribution in [2.75, 3.05) is 0 Å². The highest BCUT2D eigenvalue weighted by atomic mass is 79.9. The third-order valence-electron chi connectivity index (χ3n) is 2.73. The van der Waals surface area contributed by atoms with Crippen molar-refractivity contribution < 1.29 is 0 Å². The molecule has 0 aromatic carbocycles. The predicted octanol–water partition coefficient (Wildman–Crippen LogP) is 4.09. The van der Waals surface area contributed by atoms with Crippen LogP contribution in [0.1, 0.15) is 37.7 Å². The standard InChI is InChI=1S/C13H22BrN/c1-9(2)8-15-11(4)7-13(12(15)5)6-10(3)14/h7,9-10H,6,8H2,1-5H3. The van der Waals surface area contributed by atoms with Crippen LogP contribution in [0.25, 0.3) is 0 Å². The van der Waals surface area contributed by atoms with Gasteiger partial charge in [-0.25, -0.2) is 0 Å². The van der Waals surface area contributed by atoms with Crippen LogP contribution in [0, 0.1) is 19.8 Å². The fourth-order valence-corrected chi connectivity index (χ4v) is 2.38. The van der Waals surface area contributed by atoms with Crippen molar-refractivity contribution in [2.24, 2.45) is 5.92 Å². The van der Waals surface area contributed by atoms with E-state index >= 15 is 0 Å². The summed E-state index contributed by atoms with van der Waals surface area (Å²) in [6.45, 7) is 12.3. The maximum absolute atomic E-state index is 3.62. The SMILES string of the molecule is Cc1cc(CC(C)Br)c(C)n1CC(C)C. The Kier molecular flexibility index (Phi) is 4.45. The average Bonchev–Trinajstić information content (AvgIpc) is 2.31. The first kappa shape index (κ1) is 12.8. The molecule has 0 fully saturated rings. The van der Waals surface area contributed by atoms with Gasteiger partial charge in [-0.2, -0.15) is 0 Å². The Morgan fingerprint density at radius 1 is 1.27 bits per heavy atom. The number of nitrogens with zero attached hydrogens (tertiary/aromatic N) is 1. The maximum Gasteiger partial charge on any atom is 0.0247 e. The molecule has 1 aromatic heterocycles. The Morgan fingerprint density at radius 3 is 2.33 bits per heavy atom. The number of aromatic nitrogens is 1. The first-order chi connectivity index (χ1) is 6.91. The van der Waals surface area contributed by atoms with E-state index in [1.165, 1.54) is 17.0 Å². The molecule has 86 valence electrons. The third-order valence-corrected chi connectivity index (χ3v) is 3.05. The van der Waals surface area contributed by atoms with Crippen LogP contribution < -0.4 is 0 Å². The number of halogens is 1. The summed E-state index contributed by atoms with van der Waals surface area (Å²) in [6, 6.07) is 2.33. The van der Waals surface area contributed by atoms with E-state index in [9.17, 15) is 0 Å². The molecule has 0 radical (unpaired) electrons. The number of hydrogen-bond acceptors (Lipinski definition) is 0. The molecule has 0 bridgehead atoms. The molecule has 1 nitrogen and oxygen atoms in total. The predicted molar refractivity (Wildman–Crippen MR) is 70.8 cm³/mol. The van der Waals surface area contributed by atoms with Crippen LogP contribution >= 0.6 is 15.9 Å². The number of rotatable bonds is 4. The lowest BCUT2D eigenvalue weighted by Crippen LogP contribution is -2.08. The average molecular weight is 272 g/mol. The molecule has 1 rings (SSSR count). The lowest BCUT2D eigenvalue weighted by molar-refractivity contribution is 0.508. The summed E-state index contributed by atoms with van der Waals surface area (Å²) in [6.07, 6.45) is 1.12. The normalized spacial score (nSPS) is 13.5. The van der Waals surface area contributed by atoms with Crippen molar-refractivity contribution in [3.05, 3.63) is 23.0 Å². The van der Waals surface area contributed by atoms with E-state index in [2.05, 4.69) is 61.2 Å². The minimum atomic E-state index is 0.561. The molecule has 2 heteroatoms. The van der Waals surface area contributed by atoms with Gasteiger partial charge in [-0.3, -0.25) is 0 Å². The van der Waals surface area contributed by atoms with E-state index in [4.69, 9.17) is 0 Å². The number of aryl methyl sites for hydroxylation is 1. The van der Waals surface area contributed by atoms with Crippen LogP contribution in [0.15, 0.2) is 6.07 Å². The Hall–Kier alpha value is -0.240. The summed E-state index contributed by atoms with van der Waals surface area (Å²) < 4.78 is 2.44. The fraction of sp³-hybridized carbons (Fsp3) is 0.692. The zero-order valence-electron chi connectivity index (χ0n) is 10.5. The van der Waals surface area contributed by atoms with Crippen molar-refractivity contribution >= 4 is 15.9 Å². The summed E-state index contributed by atoms with van der Waals surface area (Å²) in [5, 5.41) is 0. The molecule has 0 saturated carbocycles. The van der Waals surface area contributed by atoms with Crippen molar-refractivity contribution in [3.63, 3.8) is 0 Å². The van der Waals surface area contributed by atoms with Gasteiger partial charge in [-0.15, -0.1) is 0 Å². The summed E-state index contributed by atoms with van der Waals surface area (Å²) in [4.78, 5) is 0.561. The minimum absolute atomic E-state index is 0.561.